The molecule has 0 spiro atoms. The van der Waals surface area contributed by atoms with Crippen molar-refractivity contribution in [3.05, 3.63) is 28.2 Å². The zero-order valence-electron chi connectivity index (χ0n) is 13.0. The standard InChI is InChI=1S/C17H22Cl2N2O2/c18-15-6-5-13(9-16(15)19)23-14-2-1-7-21(10-14)17(22)11-3-4-12(20)8-11/h5-6,9,11-12,14H,1-4,7-8,10,20H2. The van der Waals surface area contributed by atoms with Crippen LogP contribution < -0.4 is 10.5 Å². The van der Waals surface area contributed by atoms with Crippen LogP contribution >= 0.6 is 23.2 Å². The van der Waals surface area contributed by atoms with Crippen LogP contribution in [-0.2, 0) is 4.79 Å². The number of carbonyl (C=O) groups is 1. The number of rotatable bonds is 3. The Morgan fingerprint density at radius 1 is 1.22 bits per heavy atom. The molecule has 1 aliphatic carbocycles. The van der Waals surface area contributed by atoms with Gasteiger partial charge in [-0.05, 0) is 44.2 Å². The highest BCUT2D eigenvalue weighted by Crippen LogP contribution is 2.30. The molecule has 126 valence electrons. The molecule has 1 heterocycles. The Bertz CT molecular complexity index is 582. The average molecular weight is 357 g/mol. The number of piperidine rings is 1. The zero-order valence-corrected chi connectivity index (χ0v) is 14.5. The van der Waals surface area contributed by atoms with Gasteiger partial charge >= 0.3 is 0 Å². The third-order valence-electron chi connectivity index (χ3n) is 4.71. The van der Waals surface area contributed by atoms with Crippen molar-refractivity contribution in [1.82, 2.24) is 4.90 Å². The Morgan fingerprint density at radius 3 is 2.74 bits per heavy atom. The molecule has 3 unspecified atom stereocenters. The van der Waals surface area contributed by atoms with E-state index in [1.165, 1.54) is 0 Å². The van der Waals surface area contributed by atoms with Crippen LogP contribution in [-0.4, -0.2) is 36.0 Å². The second-order valence-electron chi connectivity index (χ2n) is 6.51. The zero-order chi connectivity index (χ0) is 16.4. The molecule has 3 atom stereocenters. The molecule has 2 aliphatic rings. The Labute approximate surface area is 146 Å². The molecule has 4 nitrogen and oxygen atoms in total. The molecule has 1 aromatic rings. The van der Waals surface area contributed by atoms with Gasteiger partial charge in [0.15, 0.2) is 0 Å². The van der Waals surface area contributed by atoms with Crippen LogP contribution in [0, 0.1) is 5.92 Å². The smallest absolute Gasteiger partial charge is 0.225 e. The van der Waals surface area contributed by atoms with Crippen LogP contribution in [0.25, 0.3) is 0 Å². The first-order chi connectivity index (χ1) is 11.0. The van der Waals surface area contributed by atoms with E-state index in [0.717, 1.165) is 38.6 Å². The van der Waals surface area contributed by atoms with E-state index in [9.17, 15) is 4.79 Å². The highest BCUT2D eigenvalue weighted by molar-refractivity contribution is 6.42. The van der Waals surface area contributed by atoms with Gasteiger partial charge in [-0.2, -0.15) is 0 Å². The van der Waals surface area contributed by atoms with E-state index in [-0.39, 0.29) is 24.0 Å². The van der Waals surface area contributed by atoms with Crippen molar-refractivity contribution in [1.29, 1.82) is 0 Å². The molecular weight excluding hydrogens is 335 g/mol. The fourth-order valence-electron chi connectivity index (χ4n) is 3.48. The summed E-state index contributed by atoms with van der Waals surface area (Å²) < 4.78 is 5.99. The van der Waals surface area contributed by atoms with Crippen LogP contribution in [0.1, 0.15) is 32.1 Å². The number of likely N-dealkylation sites (tertiary alicyclic amines) is 1. The van der Waals surface area contributed by atoms with Gasteiger partial charge in [0.05, 0.1) is 16.6 Å². The van der Waals surface area contributed by atoms with E-state index in [0.29, 0.717) is 22.3 Å². The van der Waals surface area contributed by atoms with Crippen molar-refractivity contribution in [2.75, 3.05) is 13.1 Å². The summed E-state index contributed by atoms with van der Waals surface area (Å²) in [6, 6.07) is 5.44. The van der Waals surface area contributed by atoms with Crippen molar-refractivity contribution < 1.29 is 9.53 Å². The van der Waals surface area contributed by atoms with Crippen LogP contribution in [0.2, 0.25) is 10.0 Å². The first-order valence-corrected chi connectivity index (χ1v) is 8.94. The monoisotopic (exact) mass is 356 g/mol. The third kappa shape index (κ3) is 4.11. The lowest BCUT2D eigenvalue weighted by atomic mass is 10.0. The van der Waals surface area contributed by atoms with Gasteiger partial charge in [-0.1, -0.05) is 23.2 Å². The lowest BCUT2D eigenvalue weighted by Gasteiger charge is -2.34. The summed E-state index contributed by atoms with van der Waals surface area (Å²) in [5.41, 5.74) is 5.93. The summed E-state index contributed by atoms with van der Waals surface area (Å²) >= 11 is 11.9. The predicted molar refractivity (Wildman–Crippen MR) is 92.0 cm³/mol. The number of amides is 1. The molecule has 6 heteroatoms. The minimum atomic E-state index is 0.0000173. The number of hydrogen-bond acceptors (Lipinski definition) is 3. The second kappa shape index (κ2) is 7.29. The van der Waals surface area contributed by atoms with Gasteiger partial charge in [0.1, 0.15) is 11.9 Å². The number of ether oxygens (including phenoxy) is 1. The quantitative estimate of drug-likeness (QED) is 0.901. The molecule has 3 rings (SSSR count). The number of carbonyl (C=O) groups excluding carboxylic acids is 1. The van der Waals surface area contributed by atoms with E-state index in [1.807, 2.05) is 11.0 Å². The molecule has 1 aliphatic heterocycles. The maximum Gasteiger partial charge on any atom is 0.225 e. The summed E-state index contributed by atoms with van der Waals surface area (Å²) in [4.78, 5) is 14.6. The maximum absolute atomic E-state index is 12.6. The Hall–Kier alpha value is -0.970. The van der Waals surface area contributed by atoms with E-state index in [4.69, 9.17) is 33.7 Å². The normalized spacial score (nSPS) is 28.0. The third-order valence-corrected chi connectivity index (χ3v) is 5.45. The molecule has 0 bridgehead atoms. The number of nitrogens with zero attached hydrogens (tertiary/aromatic N) is 1. The van der Waals surface area contributed by atoms with Gasteiger partial charge in [-0.15, -0.1) is 0 Å². The van der Waals surface area contributed by atoms with Crippen LogP contribution in [0.5, 0.6) is 5.75 Å². The first-order valence-electron chi connectivity index (χ1n) is 8.19. The van der Waals surface area contributed by atoms with Crippen LogP contribution in [0.15, 0.2) is 18.2 Å². The second-order valence-corrected chi connectivity index (χ2v) is 7.33. The van der Waals surface area contributed by atoms with E-state index in [1.54, 1.807) is 12.1 Å². The van der Waals surface area contributed by atoms with Gasteiger partial charge in [0.25, 0.3) is 0 Å². The highest BCUT2D eigenvalue weighted by Gasteiger charge is 2.33. The van der Waals surface area contributed by atoms with Gasteiger partial charge < -0.3 is 15.4 Å². The minimum absolute atomic E-state index is 0.0000173. The molecule has 0 aromatic heterocycles. The minimum Gasteiger partial charge on any atom is -0.489 e. The lowest BCUT2D eigenvalue weighted by molar-refractivity contribution is -0.138. The summed E-state index contributed by atoms with van der Waals surface area (Å²) in [5, 5.41) is 0.991. The highest BCUT2D eigenvalue weighted by atomic mass is 35.5. The summed E-state index contributed by atoms with van der Waals surface area (Å²) in [6.45, 7) is 1.44. The lowest BCUT2D eigenvalue weighted by Crippen LogP contribution is -2.46. The SMILES string of the molecule is NC1CCC(C(=O)N2CCCC(Oc3ccc(Cl)c(Cl)c3)C2)C1. The molecule has 1 saturated carbocycles. The summed E-state index contributed by atoms with van der Waals surface area (Å²) in [7, 11) is 0. The molecule has 1 aromatic carbocycles. The Kier molecular flexibility index (Phi) is 5.34. The number of nitrogens with two attached hydrogens (primary N) is 1. The molecular formula is C17H22Cl2N2O2. The van der Waals surface area contributed by atoms with E-state index >= 15 is 0 Å². The number of hydrogen-bond donors (Lipinski definition) is 1. The summed E-state index contributed by atoms with van der Waals surface area (Å²) in [5.74, 6) is 1.02. The van der Waals surface area contributed by atoms with Crippen molar-refractivity contribution in [3.63, 3.8) is 0 Å². The van der Waals surface area contributed by atoms with Crippen LogP contribution in [0.4, 0.5) is 0 Å². The maximum atomic E-state index is 12.6. The number of halogens is 2. The average Bonchev–Trinajstić information content (AvgIpc) is 2.97. The van der Waals surface area contributed by atoms with Gasteiger partial charge in [-0.3, -0.25) is 4.79 Å². The predicted octanol–water partition coefficient (Wildman–Crippen LogP) is 3.49. The van der Waals surface area contributed by atoms with E-state index in [2.05, 4.69) is 0 Å². The molecule has 2 fully saturated rings. The van der Waals surface area contributed by atoms with Gasteiger partial charge in [-0.25, -0.2) is 0 Å². The van der Waals surface area contributed by atoms with E-state index < -0.39 is 0 Å². The van der Waals surface area contributed by atoms with Crippen molar-refractivity contribution in [2.45, 2.75) is 44.2 Å². The van der Waals surface area contributed by atoms with Crippen LogP contribution in [0.3, 0.4) is 0 Å². The van der Waals surface area contributed by atoms with Gasteiger partial charge in [0.2, 0.25) is 5.91 Å². The van der Waals surface area contributed by atoms with Gasteiger partial charge in [0, 0.05) is 24.6 Å². The molecule has 0 radical (unpaired) electrons. The first kappa shape index (κ1) is 16.9. The topological polar surface area (TPSA) is 55.6 Å². The largest absolute Gasteiger partial charge is 0.489 e. The fourth-order valence-corrected chi connectivity index (χ4v) is 3.76. The Balaban J connectivity index is 1.59. The molecule has 2 N–H and O–H groups in total. The van der Waals surface area contributed by atoms with Crippen molar-refractivity contribution in [3.8, 4) is 5.75 Å². The van der Waals surface area contributed by atoms with Crippen molar-refractivity contribution in [2.24, 2.45) is 11.7 Å². The Morgan fingerprint density at radius 2 is 2.04 bits per heavy atom. The molecule has 1 amide bonds. The molecule has 23 heavy (non-hydrogen) atoms. The van der Waals surface area contributed by atoms with Crippen molar-refractivity contribution >= 4 is 29.1 Å². The number of benzene rings is 1. The summed E-state index contributed by atoms with van der Waals surface area (Å²) in [6.07, 6.45) is 4.57. The fraction of sp³-hybridized carbons (Fsp3) is 0.588. The molecule has 1 saturated heterocycles.